The van der Waals surface area contributed by atoms with Crippen molar-refractivity contribution < 1.29 is 19.4 Å². The number of aliphatic carboxylic acids is 1. The first-order valence-electron chi connectivity index (χ1n) is 7.79. The molecule has 2 unspecified atom stereocenters. The first-order chi connectivity index (χ1) is 9.95. The van der Waals surface area contributed by atoms with Crippen molar-refractivity contribution >= 4 is 12.0 Å². The number of carboxylic acids is 1. The van der Waals surface area contributed by atoms with E-state index in [9.17, 15) is 14.7 Å². The third-order valence-electron chi connectivity index (χ3n) is 4.70. The number of amides is 2. The van der Waals surface area contributed by atoms with E-state index in [-0.39, 0.29) is 6.03 Å². The van der Waals surface area contributed by atoms with E-state index >= 15 is 0 Å². The number of piperidine rings is 1. The number of carbonyl (C=O) groups is 2. The fraction of sp³-hybridized carbons (Fsp3) is 0.867. The van der Waals surface area contributed by atoms with E-state index in [0.29, 0.717) is 32.0 Å². The van der Waals surface area contributed by atoms with Gasteiger partial charge < -0.3 is 19.6 Å². The van der Waals surface area contributed by atoms with Crippen LogP contribution in [0, 0.1) is 5.92 Å². The lowest BCUT2D eigenvalue weighted by Gasteiger charge is -2.43. The number of ether oxygens (including phenoxy) is 1. The molecule has 0 saturated carbocycles. The molecule has 0 aromatic rings. The van der Waals surface area contributed by atoms with Gasteiger partial charge in [-0.2, -0.15) is 0 Å². The van der Waals surface area contributed by atoms with Gasteiger partial charge in [-0.1, -0.05) is 0 Å². The van der Waals surface area contributed by atoms with Crippen LogP contribution in [0.15, 0.2) is 0 Å². The molecule has 6 nitrogen and oxygen atoms in total. The lowest BCUT2D eigenvalue weighted by molar-refractivity contribution is -0.150. The molecule has 0 bridgehead atoms. The number of carbonyl (C=O) groups excluding carboxylic acids is 1. The summed E-state index contributed by atoms with van der Waals surface area (Å²) in [5.74, 6) is -0.557. The van der Waals surface area contributed by atoms with Gasteiger partial charge in [-0.25, -0.2) is 9.59 Å². The van der Waals surface area contributed by atoms with Crippen LogP contribution in [0.4, 0.5) is 4.79 Å². The van der Waals surface area contributed by atoms with E-state index in [1.807, 2.05) is 0 Å². The Kier molecular flexibility index (Phi) is 5.08. The molecule has 2 aliphatic heterocycles. The van der Waals surface area contributed by atoms with Crippen molar-refractivity contribution in [1.82, 2.24) is 9.80 Å². The minimum Gasteiger partial charge on any atom is -0.480 e. The smallest absolute Gasteiger partial charge is 0.329 e. The fourth-order valence-electron chi connectivity index (χ4n) is 3.27. The summed E-state index contributed by atoms with van der Waals surface area (Å²) in [6.07, 6.45) is 4.34. The highest BCUT2D eigenvalue weighted by molar-refractivity contribution is 5.86. The van der Waals surface area contributed by atoms with E-state index in [0.717, 1.165) is 32.3 Å². The van der Waals surface area contributed by atoms with Crippen molar-refractivity contribution in [3.8, 4) is 0 Å². The number of rotatable bonds is 3. The molecule has 0 spiro atoms. The molecule has 2 atom stereocenters. The van der Waals surface area contributed by atoms with Crippen LogP contribution in [0.25, 0.3) is 0 Å². The second kappa shape index (κ2) is 6.64. The summed E-state index contributed by atoms with van der Waals surface area (Å²) in [7, 11) is 1.76. The van der Waals surface area contributed by atoms with Crippen molar-refractivity contribution in [2.24, 2.45) is 5.92 Å². The summed E-state index contributed by atoms with van der Waals surface area (Å²) in [5.41, 5.74) is -1.08. The van der Waals surface area contributed by atoms with Gasteiger partial charge in [-0.15, -0.1) is 0 Å². The average molecular weight is 298 g/mol. The van der Waals surface area contributed by atoms with E-state index in [4.69, 9.17) is 4.74 Å². The highest BCUT2D eigenvalue weighted by atomic mass is 16.5. The Labute approximate surface area is 126 Å². The van der Waals surface area contributed by atoms with E-state index in [2.05, 4.69) is 0 Å². The third-order valence-corrected chi connectivity index (χ3v) is 4.70. The first kappa shape index (κ1) is 16.1. The molecule has 21 heavy (non-hydrogen) atoms. The van der Waals surface area contributed by atoms with Gasteiger partial charge in [-0.3, -0.25) is 0 Å². The molecule has 2 amide bonds. The fourth-order valence-corrected chi connectivity index (χ4v) is 3.27. The molecule has 120 valence electrons. The van der Waals surface area contributed by atoms with Crippen LogP contribution < -0.4 is 0 Å². The zero-order chi connectivity index (χ0) is 15.5. The van der Waals surface area contributed by atoms with Gasteiger partial charge in [0.25, 0.3) is 0 Å². The summed E-state index contributed by atoms with van der Waals surface area (Å²) in [6.45, 7) is 4.30. The quantitative estimate of drug-likeness (QED) is 0.862. The van der Waals surface area contributed by atoms with E-state index < -0.39 is 11.5 Å². The first-order valence-corrected chi connectivity index (χ1v) is 7.79. The maximum absolute atomic E-state index is 12.6. The number of hydrogen-bond acceptors (Lipinski definition) is 3. The van der Waals surface area contributed by atoms with Gasteiger partial charge in [-0.05, 0) is 39.0 Å². The number of nitrogens with zero attached hydrogens (tertiary/aromatic N) is 2. The summed E-state index contributed by atoms with van der Waals surface area (Å²) in [5, 5.41) is 9.49. The molecular weight excluding hydrogens is 272 g/mol. The van der Waals surface area contributed by atoms with Crippen molar-refractivity contribution in [3.05, 3.63) is 0 Å². The predicted octanol–water partition coefficient (Wildman–Crippen LogP) is 1.79. The van der Waals surface area contributed by atoms with Crippen LogP contribution >= 0.6 is 0 Å². The molecule has 1 N–H and O–H groups in total. The molecule has 0 radical (unpaired) electrons. The number of hydrogen-bond donors (Lipinski definition) is 1. The van der Waals surface area contributed by atoms with Crippen LogP contribution in [-0.2, 0) is 9.53 Å². The summed E-state index contributed by atoms with van der Waals surface area (Å²) < 4.78 is 5.44. The molecule has 2 rings (SSSR count). The van der Waals surface area contributed by atoms with Crippen molar-refractivity contribution in [2.45, 2.75) is 44.6 Å². The lowest BCUT2D eigenvalue weighted by atomic mass is 9.89. The Morgan fingerprint density at radius 3 is 2.76 bits per heavy atom. The maximum atomic E-state index is 12.6. The number of likely N-dealkylation sites (tertiary alicyclic amines) is 1. The molecule has 2 fully saturated rings. The SMILES string of the molecule is CN(CC1CCCOC1)C(=O)N1CCCCC1(C)C(=O)O. The van der Waals surface area contributed by atoms with Crippen molar-refractivity contribution in [3.63, 3.8) is 0 Å². The van der Waals surface area contributed by atoms with Crippen LogP contribution in [0.5, 0.6) is 0 Å². The van der Waals surface area contributed by atoms with E-state index in [1.54, 1.807) is 18.9 Å². The highest BCUT2D eigenvalue weighted by Crippen LogP contribution is 2.29. The molecule has 6 heteroatoms. The van der Waals surface area contributed by atoms with Gasteiger partial charge in [0.2, 0.25) is 0 Å². The Hall–Kier alpha value is -1.30. The number of carboxylic acid groups (broad SMARTS) is 1. The van der Waals surface area contributed by atoms with Crippen LogP contribution in [0.1, 0.15) is 39.0 Å². The average Bonchev–Trinajstić information content (AvgIpc) is 2.48. The Bertz CT molecular complexity index is 395. The molecule has 2 heterocycles. The second-order valence-electron chi connectivity index (χ2n) is 6.43. The van der Waals surface area contributed by atoms with Gasteiger partial charge in [0.1, 0.15) is 5.54 Å². The Balaban J connectivity index is 2.00. The van der Waals surface area contributed by atoms with Crippen LogP contribution in [0.2, 0.25) is 0 Å². The molecular formula is C15H26N2O4. The minimum atomic E-state index is -1.08. The Morgan fingerprint density at radius 2 is 2.14 bits per heavy atom. The minimum absolute atomic E-state index is 0.176. The maximum Gasteiger partial charge on any atom is 0.329 e. The van der Waals surface area contributed by atoms with Gasteiger partial charge in [0.15, 0.2) is 0 Å². The van der Waals surface area contributed by atoms with Crippen LogP contribution in [-0.4, -0.2) is 65.8 Å². The zero-order valence-electron chi connectivity index (χ0n) is 13.0. The van der Waals surface area contributed by atoms with Crippen molar-refractivity contribution in [2.75, 3.05) is 33.4 Å². The van der Waals surface area contributed by atoms with Crippen molar-refractivity contribution in [1.29, 1.82) is 0 Å². The van der Waals surface area contributed by atoms with Gasteiger partial charge in [0, 0.05) is 32.7 Å². The van der Waals surface area contributed by atoms with Gasteiger partial charge >= 0.3 is 12.0 Å². The number of urea groups is 1. The third kappa shape index (κ3) is 3.48. The van der Waals surface area contributed by atoms with E-state index in [1.165, 1.54) is 4.90 Å². The molecule has 2 aliphatic rings. The summed E-state index contributed by atoms with van der Waals surface area (Å²) >= 11 is 0. The largest absolute Gasteiger partial charge is 0.480 e. The van der Waals surface area contributed by atoms with Crippen LogP contribution in [0.3, 0.4) is 0 Å². The monoisotopic (exact) mass is 298 g/mol. The topological polar surface area (TPSA) is 70.1 Å². The summed E-state index contributed by atoms with van der Waals surface area (Å²) in [4.78, 5) is 27.4. The molecule has 2 saturated heterocycles. The molecule has 0 aromatic carbocycles. The molecule has 0 aromatic heterocycles. The lowest BCUT2D eigenvalue weighted by Crippen LogP contribution is -2.60. The standard InChI is InChI=1S/C15H26N2O4/c1-15(13(18)19)7-3-4-8-17(15)14(20)16(2)10-12-6-5-9-21-11-12/h12H,3-11H2,1-2H3,(H,18,19). The predicted molar refractivity (Wildman–Crippen MR) is 78.2 cm³/mol. The zero-order valence-corrected chi connectivity index (χ0v) is 13.0. The highest BCUT2D eigenvalue weighted by Gasteiger charge is 2.44. The summed E-state index contributed by atoms with van der Waals surface area (Å²) in [6, 6.07) is -0.176. The molecule has 0 aliphatic carbocycles. The second-order valence-corrected chi connectivity index (χ2v) is 6.43. The normalized spacial score (nSPS) is 30.0. The Morgan fingerprint density at radius 1 is 1.38 bits per heavy atom. The van der Waals surface area contributed by atoms with Gasteiger partial charge in [0.05, 0.1) is 6.61 Å².